The average molecular weight is 734 g/mol. The molecule has 9 nitrogen and oxygen atoms in total. The molecular weight excluding hydrogens is 692 g/mol. The van der Waals surface area contributed by atoms with E-state index < -0.39 is 12.1 Å². The molecule has 1 aliphatic heterocycles. The van der Waals surface area contributed by atoms with Gasteiger partial charge in [0.05, 0.1) is 24.7 Å². The van der Waals surface area contributed by atoms with Gasteiger partial charge in [0.15, 0.2) is 0 Å². The minimum absolute atomic E-state index is 0.0874. The largest absolute Gasteiger partial charge is 0.449 e. The Balaban J connectivity index is 1.34. The van der Waals surface area contributed by atoms with Crippen molar-refractivity contribution in [2.45, 2.75) is 64.2 Å². The van der Waals surface area contributed by atoms with E-state index in [1.54, 1.807) is 17.4 Å². The summed E-state index contributed by atoms with van der Waals surface area (Å²) in [4.78, 5) is 43.4. The number of rotatable bonds is 11. The third kappa shape index (κ3) is 8.10. The van der Waals surface area contributed by atoms with Crippen LogP contribution in [0.4, 0.5) is 4.79 Å². The topological polar surface area (TPSA) is 83.8 Å². The molecule has 1 fully saturated rings. The van der Waals surface area contributed by atoms with Gasteiger partial charge in [-0.1, -0.05) is 61.3 Å². The summed E-state index contributed by atoms with van der Waals surface area (Å²) in [6.45, 7) is 5.38. The van der Waals surface area contributed by atoms with Crippen LogP contribution in [0.2, 0.25) is 5.02 Å². The maximum absolute atomic E-state index is 14.8. The SMILES string of the molecule is CCCCOC(=O)N1CCN([C@H]2c3ccc(Cl)cc3CCc3cc(Br)cnc32)C[C@@H]1C(=O)N(CCCn1ccnc1)Cc1ccccc1. The first-order valence-corrected chi connectivity index (χ1v) is 18.0. The number of halogens is 2. The molecule has 252 valence electrons. The van der Waals surface area contributed by atoms with Crippen LogP contribution in [-0.2, 0) is 35.5 Å². The Morgan fingerprint density at radius 1 is 1.06 bits per heavy atom. The monoisotopic (exact) mass is 732 g/mol. The number of pyridine rings is 1. The maximum atomic E-state index is 14.8. The van der Waals surface area contributed by atoms with Crippen molar-refractivity contribution in [2.75, 3.05) is 32.8 Å². The highest BCUT2D eigenvalue weighted by Gasteiger charge is 2.42. The number of piperazine rings is 1. The normalized spacial score (nSPS) is 17.7. The maximum Gasteiger partial charge on any atom is 0.410 e. The van der Waals surface area contributed by atoms with Crippen molar-refractivity contribution in [2.24, 2.45) is 0 Å². The van der Waals surface area contributed by atoms with Crippen molar-refractivity contribution in [1.29, 1.82) is 0 Å². The van der Waals surface area contributed by atoms with Gasteiger partial charge in [0.2, 0.25) is 5.91 Å². The lowest BCUT2D eigenvalue weighted by molar-refractivity contribution is -0.140. The van der Waals surface area contributed by atoms with E-state index in [-0.39, 0.29) is 11.9 Å². The summed E-state index contributed by atoms with van der Waals surface area (Å²) in [5, 5.41) is 0.701. The highest BCUT2D eigenvalue weighted by Crippen LogP contribution is 2.38. The van der Waals surface area contributed by atoms with Gasteiger partial charge in [-0.25, -0.2) is 9.78 Å². The number of aryl methyl sites for hydroxylation is 3. The molecule has 0 spiro atoms. The zero-order valence-corrected chi connectivity index (χ0v) is 29.7. The van der Waals surface area contributed by atoms with Crippen LogP contribution < -0.4 is 0 Å². The van der Waals surface area contributed by atoms with Crippen molar-refractivity contribution < 1.29 is 14.3 Å². The van der Waals surface area contributed by atoms with Crippen molar-refractivity contribution in [1.82, 2.24) is 29.2 Å². The smallest absolute Gasteiger partial charge is 0.410 e. The molecule has 0 radical (unpaired) electrons. The standard InChI is InChI=1S/C37H42BrClN6O3/c1-2-3-20-48-37(47)45-19-18-43(35-32-13-12-31(39)22-28(32)10-11-29-21-30(38)23-41-34(29)35)25-33(45)36(46)44(24-27-8-5-4-6-9-27)16-7-15-42-17-14-40-26-42/h4-6,8-9,12-14,17,21-23,26,33,35H,2-3,7,10-11,15-16,18-20,24-25H2,1H3/t33-,35+/m1/s1. The zero-order valence-electron chi connectivity index (χ0n) is 27.3. The van der Waals surface area contributed by atoms with E-state index in [0.717, 1.165) is 65.5 Å². The number of hydrogen-bond donors (Lipinski definition) is 0. The van der Waals surface area contributed by atoms with Crippen molar-refractivity contribution >= 4 is 39.5 Å². The molecule has 2 aromatic carbocycles. The lowest BCUT2D eigenvalue weighted by atomic mass is 9.95. The molecule has 2 aromatic heterocycles. The second kappa shape index (κ2) is 16.1. The van der Waals surface area contributed by atoms with E-state index in [2.05, 4.69) is 50.9 Å². The molecule has 3 heterocycles. The van der Waals surface area contributed by atoms with Gasteiger partial charge < -0.3 is 14.2 Å². The van der Waals surface area contributed by atoms with E-state index in [0.29, 0.717) is 44.4 Å². The third-order valence-electron chi connectivity index (χ3n) is 9.24. The molecule has 4 aromatic rings. The van der Waals surface area contributed by atoms with E-state index in [9.17, 15) is 9.59 Å². The Kier molecular flexibility index (Phi) is 11.5. The molecule has 6 rings (SSSR count). The van der Waals surface area contributed by atoms with Crippen LogP contribution in [0.1, 0.15) is 60.2 Å². The summed E-state index contributed by atoms with van der Waals surface area (Å²) < 4.78 is 8.68. The van der Waals surface area contributed by atoms with Crippen molar-refractivity contribution in [3.8, 4) is 0 Å². The first-order chi connectivity index (χ1) is 23.4. The molecule has 1 saturated heterocycles. The molecule has 2 amide bonds. The minimum Gasteiger partial charge on any atom is -0.449 e. The molecule has 48 heavy (non-hydrogen) atoms. The fourth-order valence-electron chi connectivity index (χ4n) is 6.78. The predicted molar refractivity (Wildman–Crippen MR) is 190 cm³/mol. The molecule has 0 saturated carbocycles. The number of hydrogen-bond acceptors (Lipinski definition) is 6. The molecule has 2 aliphatic rings. The zero-order chi connectivity index (χ0) is 33.5. The summed E-state index contributed by atoms with van der Waals surface area (Å²) in [6.07, 6.45) is 11.0. The number of nitrogens with zero attached hydrogens (tertiary/aromatic N) is 6. The first kappa shape index (κ1) is 34.1. The number of unbranched alkanes of at least 4 members (excludes halogenated alkanes) is 1. The first-order valence-electron chi connectivity index (χ1n) is 16.8. The lowest BCUT2D eigenvalue weighted by Crippen LogP contribution is -2.61. The Hall–Kier alpha value is -3.73. The summed E-state index contributed by atoms with van der Waals surface area (Å²) in [7, 11) is 0. The number of imidazole rings is 1. The van der Waals surface area contributed by atoms with Gasteiger partial charge in [-0.3, -0.25) is 19.6 Å². The van der Waals surface area contributed by atoms with Gasteiger partial charge in [0.25, 0.3) is 0 Å². The number of ether oxygens (including phenoxy) is 1. The predicted octanol–water partition coefficient (Wildman–Crippen LogP) is 6.92. The minimum atomic E-state index is -0.734. The van der Waals surface area contributed by atoms with E-state index in [1.165, 1.54) is 5.56 Å². The lowest BCUT2D eigenvalue weighted by Gasteiger charge is -2.44. The van der Waals surface area contributed by atoms with E-state index >= 15 is 0 Å². The van der Waals surface area contributed by atoms with Gasteiger partial charge in [-0.2, -0.15) is 0 Å². The van der Waals surface area contributed by atoms with Crippen molar-refractivity contribution in [3.63, 3.8) is 0 Å². The van der Waals surface area contributed by atoms with Gasteiger partial charge in [-0.05, 0) is 82.1 Å². The fraction of sp³-hybridized carbons (Fsp3) is 0.405. The highest BCUT2D eigenvalue weighted by molar-refractivity contribution is 9.10. The van der Waals surface area contributed by atoms with Gasteiger partial charge in [-0.15, -0.1) is 0 Å². The van der Waals surface area contributed by atoms with Crippen LogP contribution in [0, 0.1) is 0 Å². The molecule has 1 aliphatic carbocycles. The molecule has 0 N–H and O–H groups in total. The summed E-state index contributed by atoms with van der Waals surface area (Å²) in [6, 6.07) is 17.3. The van der Waals surface area contributed by atoms with Gasteiger partial charge in [0.1, 0.15) is 6.04 Å². The van der Waals surface area contributed by atoms with Crippen LogP contribution in [0.25, 0.3) is 0 Å². The van der Waals surface area contributed by atoms with E-state index in [4.69, 9.17) is 21.3 Å². The Morgan fingerprint density at radius 2 is 1.90 bits per heavy atom. The molecular formula is C37H42BrClN6O3. The van der Waals surface area contributed by atoms with E-state index in [1.807, 2.05) is 58.3 Å². The van der Waals surface area contributed by atoms with Crippen LogP contribution >= 0.6 is 27.5 Å². The summed E-state index contributed by atoms with van der Waals surface area (Å²) in [5.74, 6) is -0.0874. The number of amides is 2. The molecule has 0 unspecified atom stereocenters. The summed E-state index contributed by atoms with van der Waals surface area (Å²) in [5.41, 5.74) is 5.49. The molecule has 0 bridgehead atoms. The molecule has 11 heteroatoms. The number of aromatic nitrogens is 3. The second-order valence-corrected chi connectivity index (χ2v) is 13.9. The quantitative estimate of drug-likeness (QED) is 0.156. The Bertz CT molecular complexity index is 1630. The van der Waals surface area contributed by atoms with Gasteiger partial charge >= 0.3 is 6.09 Å². The highest BCUT2D eigenvalue weighted by atomic mass is 79.9. The summed E-state index contributed by atoms with van der Waals surface area (Å²) >= 11 is 10.1. The molecule has 2 atom stereocenters. The Morgan fingerprint density at radius 3 is 2.69 bits per heavy atom. The Labute approximate surface area is 296 Å². The number of carbonyl (C=O) groups is 2. The van der Waals surface area contributed by atoms with Crippen LogP contribution in [0.5, 0.6) is 0 Å². The number of fused-ring (bicyclic) bond motifs is 2. The third-order valence-corrected chi connectivity index (χ3v) is 9.91. The van der Waals surface area contributed by atoms with Crippen LogP contribution in [0.15, 0.2) is 84.0 Å². The van der Waals surface area contributed by atoms with Crippen LogP contribution in [0.3, 0.4) is 0 Å². The van der Waals surface area contributed by atoms with Crippen LogP contribution in [-0.4, -0.2) is 80.1 Å². The fourth-order valence-corrected chi connectivity index (χ4v) is 7.36. The average Bonchev–Trinajstić information content (AvgIpc) is 3.57. The second-order valence-electron chi connectivity index (χ2n) is 12.5. The number of carbonyl (C=O) groups excluding carboxylic acids is 2. The number of benzene rings is 2. The van der Waals surface area contributed by atoms with Gasteiger partial charge in [0, 0.05) is 67.4 Å². The van der Waals surface area contributed by atoms with Crippen molar-refractivity contribution in [3.05, 3.63) is 117 Å².